The Bertz CT molecular complexity index is 374. The third-order valence-corrected chi connectivity index (χ3v) is 4.68. The fourth-order valence-electron chi connectivity index (χ4n) is 3.79. The van der Waals surface area contributed by atoms with E-state index in [9.17, 15) is 5.11 Å². The highest BCUT2D eigenvalue weighted by molar-refractivity contribution is 5.19. The molecular weight excluding hydrogens is 210 g/mol. The summed E-state index contributed by atoms with van der Waals surface area (Å²) in [6.07, 6.45) is 5.65. The van der Waals surface area contributed by atoms with E-state index in [0.29, 0.717) is 12.0 Å². The van der Waals surface area contributed by atoms with E-state index < -0.39 is 0 Å². The molecule has 1 saturated carbocycles. The predicted octanol–water partition coefficient (Wildman–Crippen LogP) is 1.62. The number of benzene rings is 1. The standard InChI is InChI=1S/C15H21NO/c17-15-9-5-4-8-13(15)14(16-11-10-15)12-6-2-1-3-7-12/h1-3,6-7,13-14,16-17H,4-5,8-11H2/p+1/t13-,14+,15+/m1/s1. The highest BCUT2D eigenvalue weighted by atomic mass is 16.3. The smallest absolute Gasteiger partial charge is 0.117 e. The van der Waals surface area contributed by atoms with Gasteiger partial charge in [0, 0.05) is 17.9 Å². The van der Waals surface area contributed by atoms with Gasteiger partial charge in [-0.25, -0.2) is 0 Å². The Morgan fingerprint density at radius 1 is 1.12 bits per heavy atom. The Morgan fingerprint density at radius 2 is 1.94 bits per heavy atom. The van der Waals surface area contributed by atoms with Crippen LogP contribution in [0.1, 0.15) is 43.7 Å². The van der Waals surface area contributed by atoms with Crippen LogP contribution in [-0.2, 0) is 0 Å². The SMILES string of the molecule is O[C@]12CCCC[C@@H]1[C@H](c1ccccc1)[NH2+]CC2. The van der Waals surface area contributed by atoms with E-state index in [1.807, 2.05) is 0 Å². The van der Waals surface area contributed by atoms with E-state index in [4.69, 9.17) is 0 Å². The second-order valence-corrected chi connectivity index (χ2v) is 5.67. The van der Waals surface area contributed by atoms with E-state index in [1.54, 1.807) is 0 Å². The monoisotopic (exact) mass is 232 g/mol. The maximum absolute atomic E-state index is 10.8. The van der Waals surface area contributed by atoms with Gasteiger partial charge >= 0.3 is 0 Å². The first-order chi connectivity index (χ1) is 8.30. The normalized spacial score (nSPS) is 37.5. The van der Waals surface area contributed by atoms with E-state index in [1.165, 1.54) is 24.8 Å². The van der Waals surface area contributed by atoms with Crippen molar-refractivity contribution < 1.29 is 10.4 Å². The Hall–Kier alpha value is -0.860. The van der Waals surface area contributed by atoms with Gasteiger partial charge in [-0.05, 0) is 12.8 Å². The Balaban J connectivity index is 1.89. The fraction of sp³-hybridized carbons (Fsp3) is 0.600. The molecule has 2 fully saturated rings. The highest BCUT2D eigenvalue weighted by Gasteiger charge is 2.48. The van der Waals surface area contributed by atoms with Crippen molar-refractivity contribution in [3.8, 4) is 0 Å². The van der Waals surface area contributed by atoms with Crippen LogP contribution >= 0.6 is 0 Å². The molecule has 0 aromatic heterocycles. The zero-order valence-electron chi connectivity index (χ0n) is 10.3. The quantitative estimate of drug-likeness (QED) is 0.758. The first-order valence-corrected chi connectivity index (χ1v) is 6.90. The average Bonchev–Trinajstić information content (AvgIpc) is 2.38. The molecule has 1 aromatic rings. The van der Waals surface area contributed by atoms with Gasteiger partial charge in [0.15, 0.2) is 0 Å². The fourth-order valence-corrected chi connectivity index (χ4v) is 3.79. The molecule has 3 atom stereocenters. The van der Waals surface area contributed by atoms with Crippen LogP contribution in [0, 0.1) is 5.92 Å². The molecule has 0 radical (unpaired) electrons. The number of quaternary nitrogens is 1. The van der Waals surface area contributed by atoms with Crippen molar-refractivity contribution in [2.45, 2.75) is 43.7 Å². The van der Waals surface area contributed by atoms with Gasteiger partial charge in [-0.15, -0.1) is 0 Å². The number of hydrogen-bond donors (Lipinski definition) is 2. The van der Waals surface area contributed by atoms with Crippen molar-refractivity contribution in [2.24, 2.45) is 5.92 Å². The van der Waals surface area contributed by atoms with Crippen LogP contribution in [0.3, 0.4) is 0 Å². The van der Waals surface area contributed by atoms with Crippen LogP contribution < -0.4 is 5.32 Å². The Morgan fingerprint density at radius 3 is 2.76 bits per heavy atom. The molecule has 1 saturated heterocycles. The summed E-state index contributed by atoms with van der Waals surface area (Å²) in [5, 5.41) is 13.2. The third-order valence-electron chi connectivity index (χ3n) is 4.68. The van der Waals surface area contributed by atoms with E-state index in [0.717, 1.165) is 19.4 Å². The minimum atomic E-state index is -0.381. The van der Waals surface area contributed by atoms with Gasteiger partial charge in [-0.2, -0.15) is 0 Å². The second kappa shape index (κ2) is 4.43. The minimum absolute atomic E-state index is 0.381. The first-order valence-electron chi connectivity index (χ1n) is 6.90. The second-order valence-electron chi connectivity index (χ2n) is 5.67. The molecule has 0 spiro atoms. The van der Waals surface area contributed by atoms with Crippen molar-refractivity contribution in [1.82, 2.24) is 0 Å². The number of nitrogens with two attached hydrogens (primary N) is 1. The van der Waals surface area contributed by atoms with Crippen molar-refractivity contribution in [1.29, 1.82) is 0 Å². The van der Waals surface area contributed by atoms with Gasteiger partial charge in [0.2, 0.25) is 0 Å². The maximum Gasteiger partial charge on any atom is 0.117 e. The average molecular weight is 232 g/mol. The molecule has 1 aromatic carbocycles. The molecule has 0 bridgehead atoms. The molecule has 1 heterocycles. The lowest BCUT2D eigenvalue weighted by Crippen LogP contribution is -2.91. The highest BCUT2D eigenvalue weighted by Crippen LogP contribution is 2.43. The summed E-state index contributed by atoms with van der Waals surface area (Å²) in [5.74, 6) is 0.451. The Kier molecular flexibility index (Phi) is 2.93. The van der Waals surface area contributed by atoms with Crippen molar-refractivity contribution in [3.63, 3.8) is 0 Å². The summed E-state index contributed by atoms with van der Waals surface area (Å²) in [5.41, 5.74) is 1.01. The molecule has 1 aliphatic carbocycles. The van der Waals surface area contributed by atoms with Crippen LogP contribution in [0.25, 0.3) is 0 Å². The van der Waals surface area contributed by atoms with Gasteiger partial charge in [-0.3, -0.25) is 0 Å². The summed E-state index contributed by atoms with van der Waals surface area (Å²) in [7, 11) is 0. The molecule has 17 heavy (non-hydrogen) atoms. The molecule has 2 aliphatic rings. The third kappa shape index (κ3) is 2.00. The maximum atomic E-state index is 10.8. The van der Waals surface area contributed by atoms with E-state index in [-0.39, 0.29) is 5.60 Å². The number of fused-ring (bicyclic) bond motifs is 1. The molecule has 2 heteroatoms. The van der Waals surface area contributed by atoms with Crippen LogP contribution in [0.2, 0.25) is 0 Å². The van der Waals surface area contributed by atoms with Gasteiger partial charge in [0.05, 0.1) is 12.1 Å². The number of piperidine rings is 1. The van der Waals surface area contributed by atoms with Crippen molar-refractivity contribution in [3.05, 3.63) is 35.9 Å². The van der Waals surface area contributed by atoms with Crippen LogP contribution in [-0.4, -0.2) is 17.3 Å². The minimum Gasteiger partial charge on any atom is -0.389 e. The zero-order chi connectivity index (χ0) is 11.7. The Labute approximate surface area is 103 Å². The molecular formula is C15H22NO+. The van der Waals surface area contributed by atoms with E-state index in [2.05, 4.69) is 35.6 Å². The molecule has 1 aliphatic heterocycles. The summed E-state index contributed by atoms with van der Waals surface area (Å²) in [6, 6.07) is 11.2. The topological polar surface area (TPSA) is 36.8 Å². The summed E-state index contributed by atoms with van der Waals surface area (Å²) < 4.78 is 0. The lowest BCUT2D eigenvalue weighted by atomic mass is 9.67. The van der Waals surface area contributed by atoms with E-state index >= 15 is 0 Å². The lowest BCUT2D eigenvalue weighted by Gasteiger charge is -2.46. The summed E-state index contributed by atoms with van der Waals surface area (Å²) >= 11 is 0. The number of aliphatic hydroxyl groups is 1. The van der Waals surface area contributed by atoms with Crippen molar-refractivity contribution >= 4 is 0 Å². The largest absolute Gasteiger partial charge is 0.389 e. The summed E-state index contributed by atoms with van der Waals surface area (Å²) in [6.45, 7) is 1.06. The number of hydrogen-bond acceptors (Lipinski definition) is 1. The molecule has 0 amide bonds. The molecule has 3 N–H and O–H groups in total. The number of rotatable bonds is 1. The van der Waals surface area contributed by atoms with Crippen LogP contribution in [0.15, 0.2) is 30.3 Å². The van der Waals surface area contributed by atoms with Gasteiger partial charge in [0.1, 0.15) is 6.04 Å². The van der Waals surface area contributed by atoms with Gasteiger partial charge in [0.25, 0.3) is 0 Å². The molecule has 0 unspecified atom stereocenters. The summed E-state index contributed by atoms with van der Waals surface area (Å²) in [4.78, 5) is 0. The van der Waals surface area contributed by atoms with Crippen LogP contribution in [0.4, 0.5) is 0 Å². The van der Waals surface area contributed by atoms with Gasteiger partial charge in [-0.1, -0.05) is 43.2 Å². The molecule has 2 nitrogen and oxygen atoms in total. The molecule has 3 rings (SSSR count). The first kappa shape index (κ1) is 11.2. The van der Waals surface area contributed by atoms with Crippen LogP contribution in [0.5, 0.6) is 0 Å². The zero-order valence-corrected chi connectivity index (χ0v) is 10.3. The van der Waals surface area contributed by atoms with Gasteiger partial charge < -0.3 is 10.4 Å². The predicted molar refractivity (Wildman–Crippen MR) is 67.5 cm³/mol. The van der Waals surface area contributed by atoms with Crippen molar-refractivity contribution in [2.75, 3.05) is 6.54 Å². The molecule has 92 valence electrons. The lowest BCUT2D eigenvalue weighted by molar-refractivity contribution is -0.719.